The summed E-state index contributed by atoms with van der Waals surface area (Å²) in [5.74, 6) is -1.59. The topological polar surface area (TPSA) is 29.5 Å². The second-order valence-electron chi connectivity index (χ2n) is 4.71. The summed E-state index contributed by atoms with van der Waals surface area (Å²) < 4.78 is 18.2. The molecule has 0 radical (unpaired) electrons. The van der Waals surface area contributed by atoms with E-state index in [1.807, 2.05) is 18.2 Å². The van der Waals surface area contributed by atoms with Gasteiger partial charge in [-0.3, -0.25) is 4.90 Å². The Labute approximate surface area is 112 Å². The Morgan fingerprint density at radius 3 is 2.79 bits per heavy atom. The lowest BCUT2D eigenvalue weighted by Gasteiger charge is -2.28. The molecule has 0 saturated carbocycles. The van der Waals surface area contributed by atoms with Gasteiger partial charge in [0.2, 0.25) is 5.83 Å². The van der Waals surface area contributed by atoms with Gasteiger partial charge in [-0.05, 0) is 30.5 Å². The molecule has 3 nitrogen and oxygen atoms in total. The summed E-state index contributed by atoms with van der Waals surface area (Å²) in [5, 5.41) is 0. The number of hydrogen-bond donors (Lipinski definition) is 0. The average molecular weight is 263 g/mol. The first-order chi connectivity index (χ1) is 9.20. The van der Waals surface area contributed by atoms with E-state index in [0.717, 1.165) is 19.5 Å². The number of carbonyl (C=O) groups is 1. The van der Waals surface area contributed by atoms with Gasteiger partial charge in [-0.2, -0.15) is 4.39 Å². The molecule has 1 aliphatic rings. The van der Waals surface area contributed by atoms with Crippen LogP contribution in [0.5, 0.6) is 0 Å². The molecule has 0 bridgehead atoms. The van der Waals surface area contributed by atoms with E-state index in [9.17, 15) is 9.18 Å². The number of piperidine rings is 1. The van der Waals surface area contributed by atoms with Crippen molar-refractivity contribution >= 4 is 5.97 Å². The van der Waals surface area contributed by atoms with E-state index >= 15 is 0 Å². The average Bonchev–Trinajstić information content (AvgIpc) is 2.47. The van der Waals surface area contributed by atoms with Gasteiger partial charge in [-0.15, -0.1) is 0 Å². The number of methoxy groups -OCH3 is 1. The SMILES string of the molecule is COC(=O)/C(F)=C1/CCCN(Cc2ccccc2)C1. The van der Waals surface area contributed by atoms with Gasteiger partial charge in [0.1, 0.15) is 0 Å². The molecule has 0 spiro atoms. The minimum atomic E-state index is -0.864. The van der Waals surface area contributed by atoms with Crippen LogP contribution in [0.25, 0.3) is 0 Å². The Balaban J connectivity index is 2.03. The van der Waals surface area contributed by atoms with Crippen LogP contribution in [0, 0.1) is 0 Å². The van der Waals surface area contributed by atoms with Gasteiger partial charge in [0.15, 0.2) is 0 Å². The van der Waals surface area contributed by atoms with Crippen LogP contribution in [-0.4, -0.2) is 31.1 Å². The standard InChI is InChI=1S/C15H18FNO2/c1-19-15(18)14(16)13-8-5-9-17(11-13)10-12-6-3-2-4-7-12/h2-4,6-7H,5,8-11H2,1H3/b14-13+. The predicted octanol–water partition coefficient (Wildman–Crippen LogP) is 2.68. The molecule has 0 atom stereocenters. The Hall–Kier alpha value is -1.68. The maximum absolute atomic E-state index is 13.8. The summed E-state index contributed by atoms with van der Waals surface area (Å²) in [4.78, 5) is 13.4. The fourth-order valence-electron chi connectivity index (χ4n) is 2.33. The van der Waals surface area contributed by atoms with E-state index in [4.69, 9.17) is 0 Å². The molecule has 0 aliphatic carbocycles. The highest BCUT2D eigenvalue weighted by Crippen LogP contribution is 2.22. The van der Waals surface area contributed by atoms with Crippen LogP contribution in [0.4, 0.5) is 4.39 Å². The maximum Gasteiger partial charge on any atom is 0.366 e. The number of benzene rings is 1. The lowest BCUT2D eigenvalue weighted by molar-refractivity contribution is -0.137. The highest BCUT2D eigenvalue weighted by Gasteiger charge is 2.21. The van der Waals surface area contributed by atoms with E-state index in [-0.39, 0.29) is 0 Å². The summed E-state index contributed by atoms with van der Waals surface area (Å²) in [5.41, 5.74) is 1.75. The first-order valence-electron chi connectivity index (χ1n) is 6.43. The van der Waals surface area contributed by atoms with Gasteiger partial charge in [0.05, 0.1) is 7.11 Å². The van der Waals surface area contributed by atoms with Gasteiger partial charge < -0.3 is 4.74 Å². The number of esters is 1. The third-order valence-corrected chi connectivity index (χ3v) is 3.29. The molecule has 1 saturated heterocycles. The number of halogens is 1. The Morgan fingerprint density at radius 2 is 2.11 bits per heavy atom. The van der Waals surface area contributed by atoms with E-state index in [1.165, 1.54) is 12.7 Å². The third-order valence-electron chi connectivity index (χ3n) is 3.29. The van der Waals surface area contributed by atoms with Crippen molar-refractivity contribution in [1.29, 1.82) is 0 Å². The molecule has 1 aliphatic heterocycles. The maximum atomic E-state index is 13.8. The largest absolute Gasteiger partial charge is 0.464 e. The zero-order chi connectivity index (χ0) is 13.7. The second-order valence-corrected chi connectivity index (χ2v) is 4.71. The molecular weight excluding hydrogens is 245 g/mol. The Morgan fingerprint density at radius 1 is 1.37 bits per heavy atom. The summed E-state index contributed by atoms with van der Waals surface area (Å²) in [6.07, 6.45) is 1.50. The lowest BCUT2D eigenvalue weighted by Crippen LogP contribution is -2.31. The van der Waals surface area contributed by atoms with Crippen molar-refractivity contribution in [3.8, 4) is 0 Å². The third kappa shape index (κ3) is 3.64. The van der Waals surface area contributed by atoms with Crippen LogP contribution in [0.2, 0.25) is 0 Å². The minimum Gasteiger partial charge on any atom is -0.464 e. The molecule has 1 aromatic carbocycles. The second kappa shape index (κ2) is 6.48. The van der Waals surface area contributed by atoms with Crippen LogP contribution in [-0.2, 0) is 16.1 Å². The number of nitrogens with zero attached hydrogens (tertiary/aromatic N) is 1. The number of carbonyl (C=O) groups excluding carboxylic acids is 1. The zero-order valence-corrected chi connectivity index (χ0v) is 11.1. The zero-order valence-electron chi connectivity index (χ0n) is 11.1. The molecule has 0 N–H and O–H groups in total. The van der Waals surface area contributed by atoms with Crippen molar-refractivity contribution in [3.05, 3.63) is 47.3 Å². The highest BCUT2D eigenvalue weighted by atomic mass is 19.1. The van der Waals surface area contributed by atoms with Crippen molar-refractivity contribution < 1.29 is 13.9 Å². The van der Waals surface area contributed by atoms with Gasteiger partial charge in [0, 0.05) is 13.1 Å². The molecule has 19 heavy (non-hydrogen) atoms. The fraction of sp³-hybridized carbons (Fsp3) is 0.400. The number of ether oxygens (including phenoxy) is 1. The Bertz CT molecular complexity index is 470. The molecule has 0 aromatic heterocycles. The van der Waals surface area contributed by atoms with Crippen molar-refractivity contribution in [3.63, 3.8) is 0 Å². The molecule has 1 aromatic rings. The number of hydrogen-bond acceptors (Lipinski definition) is 3. The number of rotatable bonds is 3. The molecular formula is C15H18FNO2. The van der Waals surface area contributed by atoms with Crippen LogP contribution in [0.3, 0.4) is 0 Å². The van der Waals surface area contributed by atoms with E-state index in [2.05, 4.69) is 21.8 Å². The summed E-state index contributed by atoms with van der Waals surface area (Å²) in [7, 11) is 1.20. The molecule has 4 heteroatoms. The summed E-state index contributed by atoms with van der Waals surface area (Å²) >= 11 is 0. The Kier molecular flexibility index (Phi) is 4.68. The van der Waals surface area contributed by atoms with Gasteiger partial charge >= 0.3 is 5.97 Å². The van der Waals surface area contributed by atoms with Crippen molar-refractivity contribution in [2.45, 2.75) is 19.4 Å². The fourth-order valence-corrected chi connectivity index (χ4v) is 2.33. The quantitative estimate of drug-likeness (QED) is 0.620. The van der Waals surface area contributed by atoms with Gasteiger partial charge in [-0.25, -0.2) is 4.79 Å². The first kappa shape index (κ1) is 13.7. The minimum absolute atomic E-state index is 0.496. The van der Waals surface area contributed by atoms with Crippen LogP contribution in [0.1, 0.15) is 18.4 Å². The van der Waals surface area contributed by atoms with Crippen molar-refractivity contribution in [2.75, 3.05) is 20.2 Å². The number of likely N-dealkylation sites (tertiary alicyclic amines) is 1. The van der Waals surface area contributed by atoms with E-state index in [1.54, 1.807) is 0 Å². The lowest BCUT2D eigenvalue weighted by atomic mass is 10.0. The highest BCUT2D eigenvalue weighted by molar-refractivity contribution is 5.86. The summed E-state index contributed by atoms with van der Waals surface area (Å²) in [6, 6.07) is 10.1. The van der Waals surface area contributed by atoms with Crippen molar-refractivity contribution in [1.82, 2.24) is 4.90 Å². The molecule has 1 heterocycles. The first-order valence-corrected chi connectivity index (χ1v) is 6.43. The van der Waals surface area contributed by atoms with Crippen LogP contribution < -0.4 is 0 Å². The van der Waals surface area contributed by atoms with Gasteiger partial charge in [-0.1, -0.05) is 30.3 Å². The smallest absolute Gasteiger partial charge is 0.366 e. The molecule has 2 rings (SSSR count). The summed E-state index contributed by atoms with van der Waals surface area (Å²) in [6.45, 7) is 2.20. The predicted molar refractivity (Wildman–Crippen MR) is 71.1 cm³/mol. The molecule has 0 amide bonds. The van der Waals surface area contributed by atoms with Crippen LogP contribution >= 0.6 is 0 Å². The van der Waals surface area contributed by atoms with Crippen LogP contribution in [0.15, 0.2) is 41.7 Å². The van der Waals surface area contributed by atoms with Crippen molar-refractivity contribution in [2.24, 2.45) is 0 Å². The monoisotopic (exact) mass is 263 g/mol. The molecule has 0 unspecified atom stereocenters. The molecule has 102 valence electrons. The van der Waals surface area contributed by atoms with E-state index < -0.39 is 11.8 Å². The van der Waals surface area contributed by atoms with E-state index in [0.29, 0.717) is 18.5 Å². The normalized spacial score (nSPS) is 19.1. The van der Waals surface area contributed by atoms with Gasteiger partial charge in [0.25, 0.3) is 0 Å². The molecule has 1 fully saturated rings.